The molecule has 1 aromatic carbocycles. The number of nitrogens with one attached hydrogen (secondary N) is 1. The van der Waals surface area contributed by atoms with Gasteiger partial charge in [0.2, 0.25) is 5.91 Å². The Bertz CT molecular complexity index is 1010. The smallest absolute Gasteiger partial charge is 0.229 e. The molecule has 1 N–H and O–H groups in total. The molecule has 0 radical (unpaired) electrons. The molecular formula is C19H20Cl3N5O. The van der Waals surface area contributed by atoms with E-state index in [1.54, 1.807) is 29.2 Å². The molecule has 2 heterocycles. The lowest BCUT2D eigenvalue weighted by Gasteiger charge is -2.13. The van der Waals surface area contributed by atoms with Crippen LogP contribution < -0.4 is 5.32 Å². The van der Waals surface area contributed by atoms with Crippen molar-refractivity contribution < 1.29 is 4.79 Å². The Morgan fingerprint density at radius 3 is 2.61 bits per heavy atom. The number of hydrogen-bond acceptors (Lipinski definition) is 3. The van der Waals surface area contributed by atoms with Crippen LogP contribution >= 0.6 is 34.8 Å². The van der Waals surface area contributed by atoms with Crippen molar-refractivity contribution >= 4 is 46.4 Å². The van der Waals surface area contributed by atoms with Crippen molar-refractivity contribution in [3.63, 3.8) is 0 Å². The molecule has 3 aromatic rings. The lowest BCUT2D eigenvalue weighted by atomic mass is 10.1. The van der Waals surface area contributed by atoms with Crippen LogP contribution in [0.2, 0.25) is 15.1 Å². The van der Waals surface area contributed by atoms with E-state index in [0.29, 0.717) is 33.8 Å². The first-order valence-corrected chi connectivity index (χ1v) is 9.84. The normalized spacial score (nSPS) is 12.2. The monoisotopic (exact) mass is 439 g/mol. The minimum Gasteiger partial charge on any atom is -0.323 e. The summed E-state index contributed by atoms with van der Waals surface area (Å²) in [6.07, 6.45) is 3.24. The number of carbonyl (C=O) groups excluding carboxylic acids is 1. The van der Waals surface area contributed by atoms with Crippen LogP contribution in [0, 0.1) is 19.8 Å². The first-order chi connectivity index (χ1) is 13.2. The standard InChI is InChI=1S/C19H20Cl3N5O/c1-11(8-26-10-16(21)7-23-26)19(28)24-18-12(2)25-27(13(18)3)9-14-4-5-15(20)6-17(14)22/h4-7,10-11H,8-9H2,1-3H3,(H,24,28). The van der Waals surface area contributed by atoms with Crippen molar-refractivity contribution in [2.24, 2.45) is 5.92 Å². The van der Waals surface area contributed by atoms with E-state index < -0.39 is 0 Å². The zero-order chi connectivity index (χ0) is 20.4. The fraction of sp³-hybridized carbons (Fsp3) is 0.316. The summed E-state index contributed by atoms with van der Waals surface area (Å²) < 4.78 is 3.47. The van der Waals surface area contributed by atoms with E-state index in [2.05, 4.69) is 15.5 Å². The van der Waals surface area contributed by atoms with Crippen molar-refractivity contribution in [1.82, 2.24) is 19.6 Å². The molecule has 1 amide bonds. The molecule has 0 aliphatic heterocycles. The summed E-state index contributed by atoms with van der Waals surface area (Å²) in [4.78, 5) is 12.6. The molecule has 3 rings (SSSR count). The SMILES string of the molecule is Cc1nn(Cc2ccc(Cl)cc2Cl)c(C)c1NC(=O)C(C)Cn1cc(Cl)cn1. The zero-order valence-corrected chi connectivity index (χ0v) is 18.0. The minimum atomic E-state index is -0.288. The number of amides is 1. The van der Waals surface area contributed by atoms with Gasteiger partial charge in [-0.25, -0.2) is 0 Å². The lowest BCUT2D eigenvalue weighted by Crippen LogP contribution is -2.25. The summed E-state index contributed by atoms with van der Waals surface area (Å²) in [5, 5.41) is 13.4. The number of halogens is 3. The number of benzene rings is 1. The third kappa shape index (κ3) is 4.69. The van der Waals surface area contributed by atoms with Gasteiger partial charge in [-0.05, 0) is 31.5 Å². The molecule has 9 heteroatoms. The van der Waals surface area contributed by atoms with Gasteiger partial charge in [0.1, 0.15) is 0 Å². The second-order valence-corrected chi connectivity index (χ2v) is 7.99. The molecule has 148 valence electrons. The largest absolute Gasteiger partial charge is 0.323 e. The molecular weight excluding hydrogens is 421 g/mol. The first kappa shape index (κ1) is 20.7. The molecule has 0 bridgehead atoms. The first-order valence-electron chi connectivity index (χ1n) is 8.71. The summed E-state index contributed by atoms with van der Waals surface area (Å²) >= 11 is 18.1. The van der Waals surface area contributed by atoms with Gasteiger partial charge in [0.25, 0.3) is 0 Å². The van der Waals surface area contributed by atoms with Gasteiger partial charge in [0.15, 0.2) is 0 Å². The molecule has 1 atom stereocenters. The summed E-state index contributed by atoms with van der Waals surface area (Å²) in [5.74, 6) is -0.397. The van der Waals surface area contributed by atoms with Crippen LogP contribution in [-0.2, 0) is 17.9 Å². The van der Waals surface area contributed by atoms with Crippen LogP contribution in [0.1, 0.15) is 23.9 Å². The summed E-state index contributed by atoms with van der Waals surface area (Å²) in [7, 11) is 0. The molecule has 0 saturated carbocycles. The Kier molecular flexibility index (Phi) is 6.33. The number of hydrogen-bond donors (Lipinski definition) is 1. The number of rotatable bonds is 6. The zero-order valence-electron chi connectivity index (χ0n) is 15.7. The number of aryl methyl sites for hydroxylation is 1. The molecule has 0 saturated heterocycles. The molecule has 1 unspecified atom stereocenters. The van der Waals surface area contributed by atoms with E-state index >= 15 is 0 Å². The number of aromatic nitrogens is 4. The summed E-state index contributed by atoms with van der Waals surface area (Å²) in [6, 6.07) is 5.37. The second-order valence-electron chi connectivity index (χ2n) is 6.71. The van der Waals surface area contributed by atoms with Crippen molar-refractivity contribution in [3.05, 3.63) is 62.6 Å². The minimum absolute atomic E-state index is 0.109. The number of anilines is 1. The van der Waals surface area contributed by atoms with Crippen LogP contribution in [0.4, 0.5) is 5.69 Å². The van der Waals surface area contributed by atoms with Gasteiger partial charge in [-0.2, -0.15) is 10.2 Å². The molecule has 0 spiro atoms. The molecule has 6 nitrogen and oxygen atoms in total. The van der Waals surface area contributed by atoms with E-state index in [-0.39, 0.29) is 11.8 Å². The van der Waals surface area contributed by atoms with Crippen molar-refractivity contribution in [1.29, 1.82) is 0 Å². The van der Waals surface area contributed by atoms with Gasteiger partial charge in [0, 0.05) is 16.2 Å². The highest BCUT2D eigenvalue weighted by molar-refractivity contribution is 6.35. The average molecular weight is 441 g/mol. The average Bonchev–Trinajstić information content (AvgIpc) is 3.15. The molecule has 0 aliphatic carbocycles. The molecule has 0 fully saturated rings. The fourth-order valence-electron chi connectivity index (χ4n) is 2.89. The second kappa shape index (κ2) is 8.55. The van der Waals surface area contributed by atoms with E-state index in [0.717, 1.165) is 17.0 Å². The van der Waals surface area contributed by atoms with E-state index in [1.807, 2.05) is 31.5 Å². The van der Waals surface area contributed by atoms with Crippen LogP contribution in [0.15, 0.2) is 30.6 Å². The van der Waals surface area contributed by atoms with Crippen molar-refractivity contribution in [2.75, 3.05) is 5.32 Å². The van der Waals surface area contributed by atoms with Crippen LogP contribution in [0.25, 0.3) is 0 Å². The van der Waals surface area contributed by atoms with E-state index in [4.69, 9.17) is 34.8 Å². The Morgan fingerprint density at radius 1 is 1.21 bits per heavy atom. The maximum Gasteiger partial charge on any atom is 0.229 e. The Labute approximate surface area is 178 Å². The predicted octanol–water partition coefficient (Wildman–Crippen LogP) is 4.98. The van der Waals surface area contributed by atoms with Gasteiger partial charge in [-0.3, -0.25) is 14.2 Å². The van der Waals surface area contributed by atoms with Crippen LogP contribution in [-0.4, -0.2) is 25.5 Å². The molecule has 2 aromatic heterocycles. The lowest BCUT2D eigenvalue weighted by molar-refractivity contribution is -0.119. The predicted molar refractivity (Wildman–Crippen MR) is 112 cm³/mol. The van der Waals surface area contributed by atoms with Crippen LogP contribution in [0.3, 0.4) is 0 Å². The Morgan fingerprint density at radius 2 is 1.96 bits per heavy atom. The maximum atomic E-state index is 12.6. The third-order valence-corrected chi connectivity index (χ3v) is 5.26. The van der Waals surface area contributed by atoms with Gasteiger partial charge in [-0.15, -0.1) is 0 Å². The number of nitrogens with zero attached hydrogens (tertiary/aromatic N) is 4. The highest BCUT2D eigenvalue weighted by Crippen LogP contribution is 2.25. The van der Waals surface area contributed by atoms with E-state index in [1.165, 1.54) is 0 Å². The topological polar surface area (TPSA) is 64.7 Å². The molecule has 0 aliphatic rings. The Balaban J connectivity index is 1.73. The fourth-order valence-corrected chi connectivity index (χ4v) is 3.52. The van der Waals surface area contributed by atoms with Crippen LogP contribution in [0.5, 0.6) is 0 Å². The third-order valence-electron chi connectivity index (χ3n) is 4.48. The Hall–Kier alpha value is -2.02. The molecule has 28 heavy (non-hydrogen) atoms. The van der Waals surface area contributed by atoms with Crippen molar-refractivity contribution in [3.8, 4) is 0 Å². The number of carbonyl (C=O) groups is 1. The van der Waals surface area contributed by atoms with Gasteiger partial charge in [-0.1, -0.05) is 47.8 Å². The summed E-state index contributed by atoms with van der Waals surface area (Å²) in [5.41, 5.74) is 3.20. The maximum absolute atomic E-state index is 12.6. The highest BCUT2D eigenvalue weighted by Gasteiger charge is 2.19. The van der Waals surface area contributed by atoms with Gasteiger partial charge < -0.3 is 5.32 Å². The summed E-state index contributed by atoms with van der Waals surface area (Å²) in [6.45, 7) is 6.54. The van der Waals surface area contributed by atoms with Gasteiger partial charge >= 0.3 is 0 Å². The van der Waals surface area contributed by atoms with Crippen molar-refractivity contribution in [2.45, 2.75) is 33.9 Å². The quantitative estimate of drug-likeness (QED) is 0.588. The van der Waals surface area contributed by atoms with Gasteiger partial charge in [0.05, 0.1) is 47.3 Å². The highest BCUT2D eigenvalue weighted by atomic mass is 35.5. The van der Waals surface area contributed by atoms with E-state index in [9.17, 15) is 4.79 Å².